The summed E-state index contributed by atoms with van der Waals surface area (Å²) in [5, 5.41) is 0.331. The van der Waals surface area contributed by atoms with Crippen molar-refractivity contribution in [2.24, 2.45) is 0 Å². The van der Waals surface area contributed by atoms with Gasteiger partial charge in [0.05, 0.1) is 11.5 Å². The molecule has 1 aromatic heterocycles. The highest BCUT2D eigenvalue weighted by molar-refractivity contribution is 5.76. The average molecular weight is 163 g/mol. The molecule has 0 aliphatic heterocycles. The van der Waals surface area contributed by atoms with Crippen molar-refractivity contribution in [1.82, 2.24) is 0 Å². The van der Waals surface area contributed by atoms with E-state index in [0.717, 1.165) is 6.07 Å². The molecule has 0 N–H and O–H groups in total. The standard InChI is InChI=1S/C9H5FO2/c10-7-5-9(11)12-8-4-2-1-3-6(7)8/h1-5H/i10-1. The maximum Gasteiger partial charge on any atom is 0.339 e. The lowest BCUT2D eigenvalue weighted by Crippen LogP contribution is -1.97. The summed E-state index contributed by atoms with van der Waals surface area (Å²) in [6.07, 6.45) is 0. The van der Waals surface area contributed by atoms with E-state index in [9.17, 15) is 9.18 Å². The Balaban J connectivity index is 2.99. The van der Waals surface area contributed by atoms with Gasteiger partial charge in [-0.25, -0.2) is 9.18 Å². The van der Waals surface area contributed by atoms with Gasteiger partial charge in [0, 0.05) is 0 Å². The quantitative estimate of drug-likeness (QED) is 0.555. The SMILES string of the molecule is O=c1cc([18F])c2ccccc2o1. The zero-order valence-electron chi connectivity index (χ0n) is 6.08. The van der Waals surface area contributed by atoms with Crippen molar-refractivity contribution in [3.63, 3.8) is 0 Å². The van der Waals surface area contributed by atoms with E-state index < -0.39 is 11.4 Å². The highest BCUT2D eigenvalue weighted by Crippen LogP contribution is 2.13. The highest BCUT2D eigenvalue weighted by atomic mass is 18.2. The van der Waals surface area contributed by atoms with Crippen molar-refractivity contribution in [3.05, 3.63) is 46.6 Å². The van der Waals surface area contributed by atoms with E-state index in [1.165, 1.54) is 0 Å². The van der Waals surface area contributed by atoms with Crippen LogP contribution in [-0.4, -0.2) is 0 Å². The lowest BCUT2D eigenvalue weighted by molar-refractivity contribution is 0.538. The highest BCUT2D eigenvalue weighted by Gasteiger charge is 2.02. The number of hydrogen-bond acceptors (Lipinski definition) is 2. The van der Waals surface area contributed by atoms with Gasteiger partial charge in [0.2, 0.25) is 0 Å². The fourth-order valence-corrected chi connectivity index (χ4v) is 1.07. The third-order valence-electron chi connectivity index (χ3n) is 1.60. The molecule has 0 bridgehead atoms. The Morgan fingerprint density at radius 1 is 1.25 bits per heavy atom. The molecule has 2 nitrogen and oxygen atoms in total. The molecule has 3 heteroatoms. The van der Waals surface area contributed by atoms with Crippen LogP contribution in [0.4, 0.5) is 4.39 Å². The summed E-state index contributed by atoms with van der Waals surface area (Å²) in [5.74, 6) is -0.540. The van der Waals surface area contributed by atoms with Crippen molar-refractivity contribution in [3.8, 4) is 0 Å². The Labute approximate surface area is 67.2 Å². The Hall–Kier alpha value is -1.64. The van der Waals surface area contributed by atoms with Gasteiger partial charge in [0.15, 0.2) is 0 Å². The van der Waals surface area contributed by atoms with Crippen LogP contribution in [0.2, 0.25) is 0 Å². The second-order valence-electron chi connectivity index (χ2n) is 2.41. The molecule has 60 valence electrons. The van der Waals surface area contributed by atoms with Gasteiger partial charge >= 0.3 is 5.63 Å². The predicted octanol–water partition coefficient (Wildman–Crippen LogP) is 1.93. The lowest BCUT2D eigenvalue weighted by Gasteiger charge is -1.94. The van der Waals surface area contributed by atoms with E-state index in [1.807, 2.05) is 0 Å². The summed E-state index contributed by atoms with van der Waals surface area (Å²) >= 11 is 0. The van der Waals surface area contributed by atoms with Crippen LogP contribution in [-0.2, 0) is 0 Å². The maximum atomic E-state index is 13.0. The van der Waals surface area contributed by atoms with E-state index in [1.54, 1.807) is 24.3 Å². The zero-order valence-corrected chi connectivity index (χ0v) is 6.08. The molecule has 0 aliphatic rings. The topological polar surface area (TPSA) is 30.2 Å². The first kappa shape index (κ1) is 7.03. The van der Waals surface area contributed by atoms with E-state index in [2.05, 4.69) is 0 Å². The first-order valence-corrected chi connectivity index (χ1v) is 3.46. The fraction of sp³-hybridized carbons (Fsp3) is 0. The van der Waals surface area contributed by atoms with Gasteiger partial charge in [0.25, 0.3) is 0 Å². The lowest BCUT2D eigenvalue weighted by atomic mass is 10.2. The first-order valence-electron chi connectivity index (χ1n) is 3.46. The van der Waals surface area contributed by atoms with Crippen LogP contribution >= 0.6 is 0 Å². The number of benzene rings is 1. The third kappa shape index (κ3) is 0.993. The van der Waals surface area contributed by atoms with Gasteiger partial charge in [-0.3, -0.25) is 0 Å². The molecular weight excluding hydrogens is 158 g/mol. The second kappa shape index (κ2) is 2.44. The molecule has 0 saturated heterocycles. The van der Waals surface area contributed by atoms with Crippen LogP contribution in [0.3, 0.4) is 0 Å². The van der Waals surface area contributed by atoms with Crippen LogP contribution in [0.15, 0.2) is 39.5 Å². The summed E-state index contributed by atoms with van der Waals surface area (Å²) < 4.78 is 17.7. The van der Waals surface area contributed by atoms with Crippen molar-refractivity contribution in [2.45, 2.75) is 0 Å². The third-order valence-corrected chi connectivity index (χ3v) is 1.60. The monoisotopic (exact) mass is 163 g/mol. The minimum Gasteiger partial charge on any atom is -0.423 e. The Morgan fingerprint density at radius 2 is 2.00 bits per heavy atom. The largest absolute Gasteiger partial charge is 0.423 e. The molecule has 0 saturated carbocycles. The van der Waals surface area contributed by atoms with Crippen molar-refractivity contribution < 1.29 is 8.81 Å². The molecule has 0 atom stereocenters. The molecule has 0 unspecified atom stereocenters. The van der Waals surface area contributed by atoms with Crippen molar-refractivity contribution >= 4 is 11.0 Å². The smallest absolute Gasteiger partial charge is 0.339 e. The van der Waals surface area contributed by atoms with Gasteiger partial charge < -0.3 is 4.42 Å². The molecule has 1 aromatic carbocycles. The number of hydrogen-bond donors (Lipinski definition) is 0. The zero-order chi connectivity index (χ0) is 8.55. The molecule has 0 fully saturated rings. The molecule has 1 heterocycles. The molecule has 0 amide bonds. The maximum absolute atomic E-state index is 13.0. The number of rotatable bonds is 0. The summed E-state index contributed by atoms with van der Waals surface area (Å²) in [6, 6.07) is 7.33. The van der Waals surface area contributed by atoms with E-state index in [-0.39, 0.29) is 5.58 Å². The average Bonchev–Trinajstić information content (AvgIpc) is 2.04. The summed E-state index contributed by atoms with van der Waals surface area (Å²) in [5.41, 5.74) is -0.381. The van der Waals surface area contributed by atoms with Crippen LogP contribution in [0, 0.1) is 5.82 Å². The van der Waals surface area contributed by atoms with Gasteiger partial charge in [-0.15, -0.1) is 0 Å². The fourth-order valence-electron chi connectivity index (χ4n) is 1.07. The minimum atomic E-state index is -0.661. The Kier molecular flexibility index (Phi) is 1.43. The molecule has 12 heavy (non-hydrogen) atoms. The number of para-hydroxylation sites is 1. The van der Waals surface area contributed by atoms with Crippen LogP contribution in [0.25, 0.3) is 11.0 Å². The Morgan fingerprint density at radius 3 is 2.83 bits per heavy atom. The van der Waals surface area contributed by atoms with E-state index >= 15 is 0 Å². The first-order chi connectivity index (χ1) is 5.77. The van der Waals surface area contributed by atoms with E-state index in [0.29, 0.717) is 5.39 Å². The predicted molar refractivity (Wildman–Crippen MR) is 42.4 cm³/mol. The van der Waals surface area contributed by atoms with Crippen LogP contribution in [0.5, 0.6) is 0 Å². The molecule has 0 radical (unpaired) electrons. The molecule has 2 aromatic rings. The molecule has 0 spiro atoms. The van der Waals surface area contributed by atoms with Crippen molar-refractivity contribution in [2.75, 3.05) is 0 Å². The van der Waals surface area contributed by atoms with Crippen LogP contribution < -0.4 is 5.63 Å². The van der Waals surface area contributed by atoms with Gasteiger partial charge in [0.1, 0.15) is 11.4 Å². The molecule has 2 rings (SSSR count). The number of fused-ring (bicyclic) bond motifs is 1. The number of halogens is 1. The van der Waals surface area contributed by atoms with Crippen LogP contribution in [0.1, 0.15) is 0 Å². The minimum absolute atomic E-state index is 0.280. The summed E-state index contributed by atoms with van der Waals surface area (Å²) in [4.78, 5) is 10.7. The normalized spacial score (nSPS) is 10.4. The van der Waals surface area contributed by atoms with Gasteiger partial charge in [-0.2, -0.15) is 0 Å². The second-order valence-corrected chi connectivity index (χ2v) is 2.41. The van der Waals surface area contributed by atoms with Gasteiger partial charge in [-0.05, 0) is 12.1 Å². The molecular formula is C9H5FO2. The summed E-state index contributed by atoms with van der Waals surface area (Å²) in [7, 11) is 0. The van der Waals surface area contributed by atoms with Crippen molar-refractivity contribution in [1.29, 1.82) is 0 Å². The molecule has 0 aliphatic carbocycles. The Bertz CT molecular complexity index is 473. The van der Waals surface area contributed by atoms with E-state index in [4.69, 9.17) is 4.42 Å². The van der Waals surface area contributed by atoms with Gasteiger partial charge in [-0.1, -0.05) is 12.1 Å². The summed E-state index contributed by atoms with van der Waals surface area (Å²) in [6.45, 7) is 0.